The third-order valence-corrected chi connectivity index (χ3v) is 3.09. The maximum Gasteiger partial charge on any atom is 0.342 e. The normalized spacial score (nSPS) is 12.2. The molecule has 0 fully saturated rings. The average molecular weight is 298 g/mol. The van der Waals surface area contributed by atoms with Gasteiger partial charge < -0.3 is 10.4 Å². The largest absolute Gasteiger partial charge is 0.477 e. The molecule has 0 radical (unpaired) electrons. The van der Waals surface area contributed by atoms with Crippen LogP contribution in [0, 0.1) is 21.8 Å². The van der Waals surface area contributed by atoms with Crippen LogP contribution in [0.3, 0.4) is 0 Å². The highest BCUT2D eigenvalue weighted by molar-refractivity contribution is 5.93. The monoisotopic (exact) mass is 298 g/mol. The SMILES string of the molecule is CC(C)CCC(C)Nc1cc(C(=O)O)c([N+](=O)[O-])cc1F. The van der Waals surface area contributed by atoms with Crippen LogP contribution in [0.1, 0.15) is 44.0 Å². The smallest absolute Gasteiger partial charge is 0.342 e. The van der Waals surface area contributed by atoms with Crippen molar-refractivity contribution in [1.82, 2.24) is 0 Å². The van der Waals surface area contributed by atoms with E-state index < -0.39 is 28.0 Å². The van der Waals surface area contributed by atoms with Crippen LogP contribution in [0.25, 0.3) is 0 Å². The Kier molecular flexibility index (Phi) is 5.63. The highest BCUT2D eigenvalue weighted by atomic mass is 19.1. The molecule has 6 nitrogen and oxygen atoms in total. The molecule has 0 aliphatic carbocycles. The van der Waals surface area contributed by atoms with Crippen molar-refractivity contribution >= 4 is 17.3 Å². The molecule has 1 unspecified atom stereocenters. The van der Waals surface area contributed by atoms with Gasteiger partial charge in [-0.05, 0) is 31.7 Å². The van der Waals surface area contributed by atoms with Gasteiger partial charge in [0, 0.05) is 6.04 Å². The van der Waals surface area contributed by atoms with E-state index in [9.17, 15) is 19.3 Å². The molecular weight excluding hydrogens is 279 g/mol. The van der Waals surface area contributed by atoms with Crippen molar-refractivity contribution in [2.75, 3.05) is 5.32 Å². The second-order valence-electron chi connectivity index (χ2n) is 5.43. The minimum atomic E-state index is -1.46. The van der Waals surface area contributed by atoms with Crippen molar-refractivity contribution in [3.05, 3.63) is 33.6 Å². The molecule has 0 aliphatic heterocycles. The van der Waals surface area contributed by atoms with E-state index in [1.54, 1.807) is 0 Å². The predicted molar refractivity (Wildman–Crippen MR) is 77.2 cm³/mol. The van der Waals surface area contributed by atoms with Gasteiger partial charge in [0.15, 0.2) is 5.82 Å². The predicted octanol–water partition coefficient (Wildman–Crippen LogP) is 3.67. The Morgan fingerprint density at radius 3 is 2.48 bits per heavy atom. The Balaban J connectivity index is 3.00. The van der Waals surface area contributed by atoms with Gasteiger partial charge in [-0.1, -0.05) is 13.8 Å². The number of nitrogens with one attached hydrogen (secondary N) is 1. The first-order chi connectivity index (χ1) is 9.72. The molecule has 7 heteroatoms. The molecule has 0 amide bonds. The number of halogens is 1. The van der Waals surface area contributed by atoms with Crippen LogP contribution >= 0.6 is 0 Å². The minimum Gasteiger partial charge on any atom is -0.477 e. The van der Waals surface area contributed by atoms with Crippen molar-refractivity contribution in [3.8, 4) is 0 Å². The zero-order chi connectivity index (χ0) is 16.2. The number of nitro benzene ring substituents is 1. The quantitative estimate of drug-likeness (QED) is 0.592. The van der Waals surface area contributed by atoms with Crippen LogP contribution in [0.15, 0.2) is 12.1 Å². The van der Waals surface area contributed by atoms with Crippen molar-refractivity contribution in [2.24, 2.45) is 5.92 Å². The second kappa shape index (κ2) is 7.01. The molecule has 0 heterocycles. The topological polar surface area (TPSA) is 92.5 Å². The molecule has 0 bridgehead atoms. The molecule has 21 heavy (non-hydrogen) atoms. The van der Waals surface area contributed by atoms with Crippen LogP contribution in [-0.4, -0.2) is 22.0 Å². The minimum absolute atomic E-state index is 0.0331. The zero-order valence-electron chi connectivity index (χ0n) is 12.2. The van der Waals surface area contributed by atoms with Gasteiger partial charge in [0.2, 0.25) is 0 Å². The van der Waals surface area contributed by atoms with Gasteiger partial charge in [-0.15, -0.1) is 0 Å². The summed E-state index contributed by atoms with van der Waals surface area (Å²) in [4.78, 5) is 20.9. The summed E-state index contributed by atoms with van der Waals surface area (Å²) in [6.07, 6.45) is 1.73. The van der Waals surface area contributed by atoms with Crippen LogP contribution < -0.4 is 5.32 Å². The Hall–Kier alpha value is -2.18. The Morgan fingerprint density at radius 1 is 1.38 bits per heavy atom. The summed E-state index contributed by atoms with van der Waals surface area (Å²) in [6.45, 7) is 5.99. The van der Waals surface area contributed by atoms with Gasteiger partial charge >= 0.3 is 5.97 Å². The molecule has 2 N–H and O–H groups in total. The summed E-state index contributed by atoms with van der Waals surface area (Å²) in [5, 5.41) is 22.6. The lowest BCUT2D eigenvalue weighted by molar-refractivity contribution is -0.385. The molecule has 1 atom stereocenters. The van der Waals surface area contributed by atoms with Crippen molar-refractivity contribution in [3.63, 3.8) is 0 Å². The summed E-state index contributed by atoms with van der Waals surface area (Å²) >= 11 is 0. The van der Waals surface area contributed by atoms with E-state index >= 15 is 0 Å². The fraction of sp³-hybridized carbons (Fsp3) is 0.500. The lowest BCUT2D eigenvalue weighted by atomic mass is 10.0. The van der Waals surface area contributed by atoms with E-state index in [2.05, 4.69) is 19.2 Å². The number of aromatic carboxylic acids is 1. The zero-order valence-corrected chi connectivity index (χ0v) is 12.2. The molecule has 0 saturated carbocycles. The molecule has 1 aromatic rings. The van der Waals surface area contributed by atoms with Crippen molar-refractivity contribution in [1.29, 1.82) is 0 Å². The molecule has 0 aliphatic rings. The number of nitrogens with zero attached hydrogens (tertiary/aromatic N) is 1. The summed E-state index contributed by atoms with van der Waals surface area (Å²) in [5.41, 5.74) is -1.31. The number of hydrogen-bond donors (Lipinski definition) is 2. The maximum absolute atomic E-state index is 13.9. The fourth-order valence-corrected chi connectivity index (χ4v) is 1.92. The first-order valence-electron chi connectivity index (χ1n) is 6.70. The number of nitro groups is 1. The number of anilines is 1. The molecular formula is C14H19FN2O4. The van der Waals surface area contributed by atoms with E-state index in [4.69, 9.17) is 5.11 Å². The Labute approximate surface area is 122 Å². The first-order valence-corrected chi connectivity index (χ1v) is 6.70. The number of hydrogen-bond acceptors (Lipinski definition) is 4. The van der Waals surface area contributed by atoms with Crippen LogP contribution in [0.2, 0.25) is 0 Å². The average Bonchev–Trinajstić information content (AvgIpc) is 2.37. The third-order valence-electron chi connectivity index (χ3n) is 3.09. The van der Waals surface area contributed by atoms with Crippen LogP contribution in [0.4, 0.5) is 15.8 Å². The van der Waals surface area contributed by atoms with Gasteiger partial charge in [-0.25, -0.2) is 9.18 Å². The number of rotatable bonds is 7. The second-order valence-corrected chi connectivity index (χ2v) is 5.43. The molecule has 0 saturated heterocycles. The fourth-order valence-electron chi connectivity index (χ4n) is 1.92. The number of carboxylic acid groups (broad SMARTS) is 1. The molecule has 1 rings (SSSR count). The number of benzene rings is 1. The highest BCUT2D eigenvalue weighted by Crippen LogP contribution is 2.27. The van der Waals surface area contributed by atoms with E-state index in [0.29, 0.717) is 12.0 Å². The summed E-state index contributed by atoms with van der Waals surface area (Å²) in [7, 11) is 0. The van der Waals surface area contributed by atoms with E-state index in [1.807, 2.05) is 6.92 Å². The number of carboxylic acids is 1. The molecule has 116 valence electrons. The number of carbonyl (C=O) groups is 1. The summed E-state index contributed by atoms with van der Waals surface area (Å²) in [5.74, 6) is -1.78. The van der Waals surface area contributed by atoms with Crippen LogP contribution in [-0.2, 0) is 0 Å². The lowest BCUT2D eigenvalue weighted by Crippen LogP contribution is -2.17. The maximum atomic E-state index is 13.9. The molecule has 0 aromatic heterocycles. The van der Waals surface area contributed by atoms with E-state index in [1.165, 1.54) is 0 Å². The van der Waals surface area contributed by atoms with E-state index in [-0.39, 0.29) is 11.7 Å². The highest BCUT2D eigenvalue weighted by Gasteiger charge is 2.23. The standard InChI is InChI=1S/C14H19FN2O4/c1-8(2)4-5-9(3)16-12-6-10(14(18)19)13(17(20)21)7-11(12)15/h6-9,16H,4-5H2,1-3H3,(H,18,19). The summed E-state index contributed by atoms with van der Waals surface area (Å²) in [6, 6.07) is 1.55. The first kappa shape index (κ1) is 16.9. The Bertz CT molecular complexity index is 546. The molecule has 0 spiro atoms. The Morgan fingerprint density at radius 2 is 2.00 bits per heavy atom. The third kappa shape index (κ3) is 4.70. The van der Waals surface area contributed by atoms with Gasteiger partial charge in [-0.2, -0.15) is 0 Å². The van der Waals surface area contributed by atoms with Gasteiger partial charge in [-0.3, -0.25) is 10.1 Å². The van der Waals surface area contributed by atoms with Gasteiger partial charge in [0.05, 0.1) is 16.7 Å². The van der Waals surface area contributed by atoms with Crippen molar-refractivity contribution < 1.29 is 19.2 Å². The molecule has 1 aromatic carbocycles. The van der Waals surface area contributed by atoms with Gasteiger partial charge in [0.1, 0.15) is 5.56 Å². The summed E-state index contributed by atoms with van der Waals surface area (Å²) < 4.78 is 13.9. The lowest BCUT2D eigenvalue weighted by Gasteiger charge is -2.17. The van der Waals surface area contributed by atoms with Gasteiger partial charge in [0.25, 0.3) is 5.69 Å². The van der Waals surface area contributed by atoms with Crippen molar-refractivity contribution in [2.45, 2.75) is 39.7 Å². The van der Waals surface area contributed by atoms with Crippen LogP contribution in [0.5, 0.6) is 0 Å². The van der Waals surface area contributed by atoms with E-state index in [0.717, 1.165) is 18.9 Å².